The molecule has 3 N–H and O–H groups in total. The highest BCUT2D eigenvalue weighted by molar-refractivity contribution is 6.35. The van der Waals surface area contributed by atoms with Crippen LogP contribution in [-0.4, -0.2) is 29.5 Å². The standard InChI is InChI=1S/C10H13Cl2N3O/c1-15(6-10(13)14-16)5-7-8(11)3-2-4-9(7)12/h2-4,16H,5-6H2,1H3,(H2,13,14). The van der Waals surface area contributed by atoms with Gasteiger partial charge in [0.15, 0.2) is 5.84 Å². The van der Waals surface area contributed by atoms with Gasteiger partial charge in [0.05, 0.1) is 6.54 Å². The molecule has 6 heteroatoms. The van der Waals surface area contributed by atoms with E-state index in [1.165, 1.54) is 0 Å². The first-order valence-corrected chi connectivity index (χ1v) is 5.38. The summed E-state index contributed by atoms with van der Waals surface area (Å²) in [5.41, 5.74) is 6.23. The van der Waals surface area contributed by atoms with Gasteiger partial charge >= 0.3 is 0 Å². The van der Waals surface area contributed by atoms with E-state index in [4.69, 9.17) is 34.1 Å². The van der Waals surface area contributed by atoms with Gasteiger partial charge < -0.3 is 10.9 Å². The highest BCUT2D eigenvalue weighted by Gasteiger charge is 2.09. The van der Waals surface area contributed by atoms with Gasteiger partial charge in [0.25, 0.3) is 0 Å². The third-order valence-corrected chi connectivity index (χ3v) is 2.76. The minimum Gasteiger partial charge on any atom is -0.409 e. The van der Waals surface area contributed by atoms with Crippen LogP contribution in [0.4, 0.5) is 0 Å². The van der Waals surface area contributed by atoms with E-state index >= 15 is 0 Å². The van der Waals surface area contributed by atoms with Crippen LogP contribution in [0.25, 0.3) is 0 Å². The van der Waals surface area contributed by atoms with Crippen molar-refractivity contribution in [2.24, 2.45) is 10.9 Å². The van der Waals surface area contributed by atoms with Crippen LogP contribution in [0.5, 0.6) is 0 Å². The van der Waals surface area contributed by atoms with Crippen molar-refractivity contribution in [3.8, 4) is 0 Å². The topological polar surface area (TPSA) is 61.8 Å². The molecule has 1 rings (SSSR count). The summed E-state index contributed by atoms with van der Waals surface area (Å²) in [6.45, 7) is 0.882. The zero-order chi connectivity index (χ0) is 12.1. The Balaban J connectivity index is 2.73. The van der Waals surface area contributed by atoms with Crippen molar-refractivity contribution in [2.45, 2.75) is 6.54 Å². The lowest BCUT2D eigenvalue weighted by Crippen LogP contribution is -2.30. The van der Waals surface area contributed by atoms with E-state index < -0.39 is 0 Å². The lowest BCUT2D eigenvalue weighted by Gasteiger charge is -2.17. The Hall–Kier alpha value is -0.970. The van der Waals surface area contributed by atoms with E-state index in [1.54, 1.807) is 18.2 Å². The van der Waals surface area contributed by atoms with Crippen LogP contribution in [-0.2, 0) is 6.54 Å². The fraction of sp³-hybridized carbons (Fsp3) is 0.300. The molecule has 88 valence electrons. The lowest BCUT2D eigenvalue weighted by molar-refractivity contribution is 0.308. The van der Waals surface area contributed by atoms with Crippen LogP contribution in [0.1, 0.15) is 5.56 Å². The van der Waals surface area contributed by atoms with Crippen LogP contribution >= 0.6 is 23.2 Å². The van der Waals surface area contributed by atoms with Gasteiger partial charge in [0.2, 0.25) is 0 Å². The maximum absolute atomic E-state index is 8.44. The predicted octanol–water partition coefficient (Wildman–Crippen LogP) is 2.17. The Bertz CT molecular complexity index is 375. The summed E-state index contributed by atoms with van der Waals surface area (Å²) in [5.74, 6) is 0.144. The van der Waals surface area contributed by atoms with Gasteiger partial charge in [-0.3, -0.25) is 4.90 Å². The average Bonchev–Trinajstić information content (AvgIpc) is 2.23. The Morgan fingerprint density at radius 1 is 1.44 bits per heavy atom. The summed E-state index contributed by atoms with van der Waals surface area (Å²) in [5, 5.41) is 12.6. The van der Waals surface area contributed by atoms with Gasteiger partial charge in [0, 0.05) is 22.2 Å². The van der Waals surface area contributed by atoms with Gasteiger partial charge in [-0.25, -0.2) is 0 Å². The highest BCUT2D eigenvalue weighted by atomic mass is 35.5. The maximum Gasteiger partial charge on any atom is 0.153 e. The zero-order valence-electron chi connectivity index (χ0n) is 8.82. The minimum absolute atomic E-state index is 0.144. The second kappa shape index (κ2) is 5.94. The third-order valence-electron chi connectivity index (χ3n) is 2.05. The molecule has 0 saturated heterocycles. The third kappa shape index (κ3) is 3.56. The Morgan fingerprint density at radius 2 is 2.00 bits per heavy atom. The molecule has 1 aromatic rings. The molecule has 0 spiro atoms. The molecule has 0 aromatic heterocycles. The van der Waals surface area contributed by atoms with Crippen molar-refractivity contribution in [1.82, 2.24) is 4.90 Å². The molecule has 0 aliphatic heterocycles. The molecule has 0 amide bonds. The van der Waals surface area contributed by atoms with E-state index in [0.717, 1.165) is 5.56 Å². The van der Waals surface area contributed by atoms with Crippen LogP contribution < -0.4 is 5.73 Å². The number of likely N-dealkylation sites (N-methyl/N-ethyl adjacent to an activating group) is 1. The molecular weight excluding hydrogens is 249 g/mol. The van der Waals surface area contributed by atoms with Crippen molar-refractivity contribution in [2.75, 3.05) is 13.6 Å². The molecule has 0 atom stereocenters. The van der Waals surface area contributed by atoms with Crippen LogP contribution in [0, 0.1) is 0 Å². The van der Waals surface area contributed by atoms with Gasteiger partial charge in [-0.15, -0.1) is 0 Å². The van der Waals surface area contributed by atoms with E-state index in [1.807, 2.05) is 11.9 Å². The maximum atomic E-state index is 8.44. The molecule has 0 aliphatic carbocycles. The van der Waals surface area contributed by atoms with Gasteiger partial charge in [-0.2, -0.15) is 0 Å². The number of oxime groups is 1. The Kier molecular flexibility index (Phi) is 4.86. The number of benzene rings is 1. The van der Waals surface area contributed by atoms with E-state index in [2.05, 4.69) is 5.16 Å². The highest BCUT2D eigenvalue weighted by Crippen LogP contribution is 2.25. The smallest absolute Gasteiger partial charge is 0.153 e. The van der Waals surface area contributed by atoms with Crippen LogP contribution in [0.15, 0.2) is 23.4 Å². The summed E-state index contributed by atoms with van der Waals surface area (Å²) in [6, 6.07) is 5.35. The van der Waals surface area contributed by atoms with Crippen molar-refractivity contribution in [3.63, 3.8) is 0 Å². The van der Waals surface area contributed by atoms with Crippen molar-refractivity contribution in [1.29, 1.82) is 0 Å². The zero-order valence-corrected chi connectivity index (χ0v) is 10.3. The molecule has 0 saturated carbocycles. The van der Waals surface area contributed by atoms with Gasteiger partial charge in [-0.05, 0) is 19.2 Å². The number of hydrogen-bond acceptors (Lipinski definition) is 3. The fourth-order valence-corrected chi connectivity index (χ4v) is 1.83. The first kappa shape index (κ1) is 13.1. The Labute approximate surface area is 104 Å². The molecular formula is C10H13Cl2N3O. The van der Waals surface area contributed by atoms with Crippen molar-refractivity contribution in [3.05, 3.63) is 33.8 Å². The minimum atomic E-state index is 0.144. The fourth-order valence-electron chi connectivity index (χ4n) is 1.32. The normalized spacial score (nSPS) is 12.1. The molecule has 0 bridgehead atoms. The summed E-state index contributed by atoms with van der Waals surface area (Å²) in [7, 11) is 1.83. The predicted molar refractivity (Wildman–Crippen MR) is 66.2 cm³/mol. The number of amidine groups is 1. The molecule has 1 aromatic carbocycles. The molecule has 0 aliphatic rings. The van der Waals surface area contributed by atoms with Crippen molar-refractivity contribution >= 4 is 29.0 Å². The second-order valence-electron chi connectivity index (χ2n) is 3.46. The van der Waals surface area contributed by atoms with E-state index in [9.17, 15) is 0 Å². The second-order valence-corrected chi connectivity index (χ2v) is 4.28. The number of halogens is 2. The SMILES string of the molecule is CN(CC(N)=NO)Cc1c(Cl)cccc1Cl. The Morgan fingerprint density at radius 3 is 2.50 bits per heavy atom. The number of nitrogens with two attached hydrogens (primary N) is 1. The monoisotopic (exact) mass is 261 g/mol. The first-order valence-electron chi connectivity index (χ1n) is 4.62. The van der Waals surface area contributed by atoms with E-state index in [-0.39, 0.29) is 5.84 Å². The van der Waals surface area contributed by atoms with Gasteiger partial charge in [0.1, 0.15) is 0 Å². The average molecular weight is 262 g/mol. The molecule has 4 nitrogen and oxygen atoms in total. The summed E-state index contributed by atoms with van der Waals surface area (Å²) in [6.07, 6.45) is 0. The number of nitrogens with zero attached hydrogens (tertiary/aromatic N) is 2. The molecule has 0 fully saturated rings. The van der Waals surface area contributed by atoms with Crippen LogP contribution in [0.2, 0.25) is 10.0 Å². The summed E-state index contributed by atoms with van der Waals surface area (Å²) >= 11 is 12.0. The molecule has 0 radical (unpaired) electrons. The van der Waals surface area contributed by atoms with Crippen LogP contribution in [0.3, 0.4) is 0 Å². The molecule has 0 unspecified atom stereocenters. The molecule has 0 heterocycles. The summed E-state index contributed by atoms with van der Waals surface area (Å²) in [4.78, 5) is 1.85. The largest absolute Gasteiger partial charge is 0.409 e. The molecule has 16 heavy (non-hydrogen) atoms. The lowest BCUT2D eigenvalue weighted by atomic mass is 10.2. The van der Waals surface area contributed by atoms with E-state index in [0.29, 0.717) is 23.1 Å². The first-order chi connectivity index (χ1) is 7.54. The number of rotatable bonds is 4. The number of hydrogen-bond donors (Lipinski definition) is 2. The summed E-state index contributed by atoms with van der Waals surface area (Å²) < 4.78 is 0. The van der Waals surface area contributed by atoms with Gasteiger partial charge in [-0.1, -0.05) is 34.4 Å². The quantitative estimate of drug-likeness (QED) is 0.378. The van der Waals surface area contributed by atoms with Crippen molar-refractivity contribution < 1.29 is 5.21 Å².